The zero-order chi connectivity index (χ0) is 19.6. The third kappa shape index (κ3) is 3.93. The van der Waals surface area contributed by atoms with E-state index in [9.17, 15) is 9.59 Å². The van der Waals surface area contributed by atoms with Gasteiger partial charge in [-0.1, -0.05) is 35.5 Å². The molecule has 3 aromatic rings. The number of aryl methyl sites for hydroxylation is 3. The Morgan fingerprint density at radius 3 is 2.48 bits per heavy atom. The molecular formula is C20H21N3O3S. The fourth-order valence-electron chi connectivity index (χ4n) is 3.11. The van der Waals surface area contributed by atoms with Crippen molar-refractivity contribution in [3.63, 3.8) is 0 Å². The molecule has 0 spiro atoms. The smallest absolute Gasteiger partial charge is 0.252 e. The number of nitrogens with one attached hydrogen (secondary N) is 1. The highest BCUT2D eigenvalue weighted by atomic mass is 32.1. The van der Waals surface area contributed by atoms with Crippen LogP contribution in [0.15, 0.2) is 34.9 Å². The van der Waals surface area contributed by atoms with Crippen LogP contribution in [0.4, 0.5) is 5.00 Å². The first-order valence-electron chi connectivity index (χ1n) is 8.58. The summed E-state index contributed by atoms with van der Waals surface area (Å²) < 4.78 is 5.12. The average Bonchev–Trinajstić information content (AvgIpc) is 3.13. The van der Waals surface area contributed by atoms with Gasteiger partial charge < -0.3 is 15.6 Å². The number of hydrogen-bond donors (Lipinski definition) is 2. The van der Waals surface area contributed by atoms with Gasteiger partial charge in [0.1, 0.15) is 10.8 Å². The SMILES string of the molecule is Cc1noc(C)c1CCC(=O)Nc1sc(C)c(-c2ccccc2)c1C(N)=O. The number of rotatable bonds is 6. The lowest BCUT2D eigenvalue weighted by atomic mass is 10.0. The lowest BCUT2D eigenvalue weighted by Gasteiger charge is -2.07. The molecule has 7 heteroatoms. The van der Waals surface area contributed by atoms with Crippen molar-refractivity contribution in [2.75, 3.05) is 5.32 Å². The summed E-state index contributed by atoms with van der Waals surface area (Å²) in [7, 11) is 0. The molecule has 0 radical (unpaired) electrons. The zero-order valence-corrected chi connectivity index (χ0v) is 16.3. The molecule has 0 fully saturated rings. The van der Waals surface area contributed by atoms with Crippen molar-refractivity contribution in [3.8, 4) is 11.1 Å². The second kappa shape index (κ2) is 7.75. The highest BCUT2D eigenvalue weighted by molar-refractivity contribution is 7.17. The molecule has 3 N–H and O–H groups in total. The number of carbonyl (C=O) groups excluding carboxylic acids is 2. The largest absolute Gasteiger partial charge is 0.365 e. The van der Waals surface area contributed by atoms with Gasteiger partial charge in [0.25, 0.3) is 5.91 Å². The number of primary amides is 1. The van der Waals surface area contributed by atoms with E-state index in [0.29, 0.717) is 17.0 Å². The zero-order valence-electron chi connectivity index (χ0n) is 15.5. The van der Waals surface area contributed by atoms with Crippen molar-refractivity contribution in [2.45, 2.75) is 33.6 Å². The van der Waals surface area contributed by atoms with E-state index >= 15 is 0 Å². The molecule has 0 saturated carbocycles. The van der Waals surface area contributed by atoms with Gasteiger partial charge in [-0.2, -0.15) is 0 Å². The minimum absolute atomic E-state index is 0.182. The predicted molar refractivity (Wildman–Crippen MR) is 106 cm³/mol. The van der Waals surface area contributed by atoms with Crippen molar-refractivity contribution >= 4 is 28.2 Å². The number of benzene rings is 1. The van der Waals surface area contributed by atoms with Crippen LogP contribution in [0.5, 0.6) is 0 Å². The van der Waals surface area contributed by atoms with E-state index in [4.69, 9.17) is 10.3 Å². The van der Waals surface area contributed by atoms with Crippen LogP contribution in [-0.2, 0) is 11.2 Å². The molecular weight excluding hydrogens is 362 g/mol. The summed E-state index contributed by atoms with van der Waals surface area (Å²) in [5.41, 5.74) is 9.38. The molecule has 2 amide bonds. The maximum atomic E-state index is 12.5. The maximum Gasteiger partial charge on any atom is 0.252 e. The summed E-state index contributed by atoms with van der Waals surface area (Å²) in [5.74, 6) is -0.0194. The second-order valence-corrected chi connectivity index (χ2v) is 7.54. The van der Waals surface area contributed by atoms with Crippen molar-refractivity contribution in [1.29, 1.82) is 0 Å². The lowest BCUT2D eigenvalue weighted by Crippen LogP contribution is -2.17. The maximum absolute atomic E-state index is 12.5. The van der Waals surface area contributed by atoms with Gasteiger partial charge in [0, 0.05) is 22.4 Å². The topological polar surface area (TPSA) is 98.2 Å². The fraction of sp³-hybridized carbons (Fsp3) is 0.250. The number of amides is 2. The molecule has 140 valence electrons. The third-order valence-corrected chi connectivity index (χ3v) is 5.45. The molecule has 27 heavy (non-hydrogen) atoms. The Bertz CT molecular complexity index is 970. The van der Waals surface area contributed by atoms with Gasteiger partial charge in [-0.3, -0.25) is 9.59 Å². The Labute approximate surface area is 161 Å². The molecule has 0 aliphatic carbocycles. The van der Waals surface area contributed by atoms with Crippen molar-refractivity contribution < 1.29 is 14.1 Å². The Hall–Kier alpha value is -2.93. The Kier molecular flexibility index (Phi) is 5.41. The summed E-state index contributed by atoms with van der Waals surface area (Å²) in [5, 5.41) is 7.24. The number of thiophene rings is 1. The van der Waals surface area contributed by atoms with E-state index in [1.807, 2.05) is 51.1 Å². The van der Waals surface area contributed by atoms with E-state index in [1.165, 1.54) is 11.3 Å². The Balaban J connectivity index is 1.82. The number of nitrogens with zero attached hydrogens (tertiary/aromatic N) is 1. The predicted octanol–water partition coefficient (Wildman–Crippen LogP) is 4.00. The molecule has 0 saturated heterocycles. The summed E-state index contributed by atoms with van der Waals surface area (Å²) in [4.78, 5) is 25.5. The van der Waals surface area contributed by atoms with Gasteiger partial charge in [0.15, 0.2) is 0 Å². The molecule has 0 aliphatic rings. The first kappa shape index (κ1) is 18.8. The number of carbonyl (C=O) groups is 2. The van der Waals surface area contributed by atoms with Gasteiger partial charge >= 0.3 is 0 Å². The fourth-order valence-corrected chi connectivity index (χ4v) is 4.20. The van der Waals surface area contributed by atoms with Crippen LogP contribution in [0, 0.1) is 20.8 Å². The molecule has 0 aliphatic heterocycles. The second-order valence-electron chi connectivity index (χ2n) is 6.32. The summed E-state index contributed by atoms with van der Waals surface area (Å²) in [6, 6.07) is 9.56. The van der Waals surface area contributed by atoms with Crippen LogP contribution >= 0.6 is 11.3 Å². The monoisotopic (exact) mass is 383 g/mol. The van der Waals surface area contributed by atoms with E-state index in [-0.39, 0.29) is 12.3 Å². The van der Waals surface area contributed by atoms with Crippen LogP contribution < -0.4 is 11.1 Å². The van der Waals surface area contributed by atoms with Crippen LogP contribution in [0.1, 0.15) is 38.7 Å². The number of aromatic nitrogens is 1. The van der Waals surface area contributed by atoms with Gasteiger partial charge in [0.2, 0.25) is 5.91 Å². The summed E-state index contributed by atoms with van der Waals surface area (Å²) in [6.45, 7) is 5.59. The average molecular weight is 383 g/mol. The molecule has 0 unspecified atom stereocenters. The molecule has 6 nitrogen and oxygen atoms in total. The van der Waals surface area contributed by atoms with Crippen LogP contribution in [0.25, 0.3) is 11.1 Å². The molecule has 3 rings (SSSR count). The number of hydrogen-bond acceptors (Lipinski definition) is 5. The van der Waals surface area contributed by atoms with Crippen LogP contribution in [0.2, 0.25) is 0 Å². The summed E-state index contributed by atoms with van der Waals surface area (Å²) >= 11 is 1.36. The minimum Gasteiger partial charge on any atom is -0.365 e. The van der Waals surface area contributed by atoms with E-state index in [0.717, 1.165) is 33.0 Å². The van der Waals surface area contributed by atoms with Crippen molar-refractivity contribution in [1.82, 2.24) is 5.16 Å². The standard InChI is InChI=1S/C20H21N3O3S/c1-11-15(12(2)26-23-11)9-10-16(24)22-20-18(19(21)25)17(13(3)27-20)14-7-5-4-6-8-14/h4-8H,9-10H2,1-3H3,(H2,21,25)(H,22,24). The van der Waals surface area contributed by atoms with Gasteiger partial charge in [-0.25, -0.2) is 0 Å². The number of anilines is 1. The first-order valence-corrected chi connectivity index (χ1v) is 9.40. The molecule has 0 bridgehead atoms. The molecule has 2 heterocycles. The quantitative estimate of drug-likeness (QED) is 0.672. The summed E-state index contributed by atoms with van der Waals surface area (Å²) in [6.07, 6.45) is 0.785. The van der Waals surface area contributed by atoms with Crippen LogP contribution in [-0.4, -0.2) is 17.0 Å². The van der Waals surface area contributed by atoms with Gasteiger partial charge in [-0.05, 0) is 32.8 Å². The Morgan fingerprint density at radius 2 is 1.89 bits per heavy atom. The van der Waals surface area contributed by atoms with Gasteiger partial charge in [-0.15, -0.1) is 11.3 Å². The van der Waals surface area contributed by atoms with E-state index < -0.39 is 5.91 Å². The first-order chi connectivity index (χ1) is 12.9. The minimum atomic E-state index is -0.556. The normalized spacial score (nSPS) is 10.8. The molecule has 2 aromatic heterocycles. The van der Waals surface area contributed by atoms with E-state index in [2.05, 4.69) is 10.5 Å². The van der Waals surface area contributed by atoms with E-state index in [1.54, 1.807) is 0 Å². The number of nitrogens with two attached hydrogens (primary N) is 1. The molecule has 1 aromatic carbocycles. The Morgan fingerprint density at radius 1 is 1.19 bits per heavy atom. The van der Waals surface area contributed by atoms with Crippen molar-refractivity contribution in [3.05, 3.63) is 57.8 Å². The van der Waals surface area contributed by atoms with Crippen LogP contribution in [0.3, 0.4) is 0 Å². The molecule has 0 atom stereocenters. The third-order valence-electron chi connectivity index (χ3n) is 4.43. The van der Waals surface area contributed by atoms with Gasteiger partial charge in [0.05, 0.1) is 11.3 Å². The highest BCUT2D eigenvalue weighted by Crippen LogP contribution is 2.39. The van der Waals surface area contributed by atoms with Crippen molar-refractivity contribution in [2.24, 2.45) is 5.73 Å². The lowest BCUT2D eigenvalue weighted by molar-refractivity contribution is -0.116. The highest BCUT2D eigenvalue weighted by Gasteiger charge is 2.23.